The van der Waals surface area contributed by atoms with Crippen molar-refractivity contribution in [2.45, 2.75) is 70.7 Å². The first kappa shape index (κ1) is 12.7. The normalized spacial score (nSPS) is 37.1. The average molecular weight is 241 g/mol. The van der Waals surface area contributed by atoms with Crippen LogP contribution in [0.3, 0.4) is 0 Å². The van der Waals surface area contributed by atoms with Crippen LogP contribution in [0.15, 0.2) is 0 Å². The van der Waals surface area contributed by atoms with Gasteiger partial charge in [0.05, 0.1) is 6.10 Å². The number of amides is 1. The molecule has 98 valence electrons. The van der Waals surface area contributed by atoms with Crippen LogP contribution in [0.1, 0.15) is 47.0 Å². The molecule has 3 unspecified atom stereocenters. The molecule has 2 aliphatic heterocycles. The smallest absolute Gasteiger partial charge is 0.410 e. The van der Waals surface area contributed by atoms with Gasteiger partial charge in [-0.05, 0) is 40.0 Å². The topological polar surface area (TPSA) is 49.8 Å². The van der Waals surface area contributed by atoms with Gasteiger partial charge in [0.15, 0.2) is 0 Å². The lowest BCUT2D eigenvalue weighted by molar-refractivity contribution is -0.0331. The molecule has 2 bridgehead atoms. The molecule has 0 spiro atoms. The second kappa shape index (κ2) is 4.16. The summed E-state index contributed by atoms with van der Waals surface area (Å²) in [6, 6.07) is 0.319. The number of carbonyl (C=O) groups is 1. The first-order valence-corrected chi connectivity index (χ1v) is 6.49. The zero-order valence-corrected chi connectivity index (χ0v) is 11.1. The number of rotatable bonds is 0. The molecule has 1 N–H and O–H groups in total. The molecule has 2 rings (SSSR count). The van der Waals surface area contributed by atoms with Gasteiger partial charge in [-0.2, -0.15) is 0 Å². The van der Waals surface area contributed by atoms with E-state index in [0.717, 1.165) is 12.8 Å². The summed E-state index contributed by atoms with van der Waals surface area (Å²) in [7, 11) is 0. The van der Waals surface area contributed by atoms with Gasteiger partial charge in [0.2, 0.25) is 0 Å². The molecule has 0 aromatic heterocycles. The van der Waals surface area contributed by atoms with E-state index in [1.54, 1.807) is 0 Å². The molecule has 0 aromatic rings. The Morgan fingerprint density at radius 3 is 2.59 bits per heavy atom. The molecule has 2 fully saturated rings. The Morgan fingerprint density at radius 1 is 1.35 bits per heavy atom. The summed E-state index contributed by atoms with van der Waals surface area (Å²) in [6.07, 6.45) is 2.18. The van der Waals surface area contributed by atoms with Crippen LogP contribution < -0.4 is 0 Å². The predicted molar refractivity (Wildman–Crippen MR) is 64.7 cm³/mol. The SMILES string of the molecule is C[C@@H]1C(O)CC2CCC1N2C(=O)OC(C)(C)C. The van der Waals surface area contributed by atoms with Crippen LogP contribution >= 0.6 is 0 Å². The van der Waals surface area contributed by atoms with E-state index in [2.05, 4.69) is 0 Å². The predicted octanol–water partition coefficient (Wildman–Crippen LogP) is 2.16. The molecule has 0 aromatic carbocycles. The lowest BCUT2D eigenvalue weighted by Gasteiger charge is -2.41. The van der Waals surface area contributed by atoms with E-state index in [4.69, 9.17) is 4.74 Å². The Bertz CT molecular complexity index is 310. The number of aliphatic hydroxyl groups excluding tert-OH is 1. The highest BCUT2D eigenvalue weighted by atomic mass is 16.6. The molecule has 4 nitrogen and oxygen atoms in total. The van der Waals surface area contributed by atoms with Gasteiger partial charge in [0, 0.05) is 18.0 Å². The van der Waals surface area contributed by atoms with E-state index in [-0.39, 0.29) is 30.2 Å². The standard InChI is InChI=1S/C13H23NO3/c1-8-10-6-5-9(7-11(8)15)14(10)12(16)17-13(2,3)4/h8-11,15H,5-7H2,1-4H3/t8-,9?,10?,11?/m0/s1. The molecule has 4 heteroatoms. The van der Waals surface area contributed by atoms with Gasteiger partial charge >= 0.3 is 6.09 Å². The largest absolute Gasteiger partial charge is 0.444 e. The fourth-order valence-electron chi connectivity index (χ4n) is 3.01. The molecular formula is C13H23NO3. The number of fused-ring (bicyclic) bond motifs is 2. The third-order valence-corrected chi connectivity index (χ3v) is 3.88. The van der Waals surface area contributed by atoms with Crippen LogP contribution in [-0.4, -0.2) is 39.9 Å². The number of hydrogen-bond acceptors (Lipinski definition) is 3. The lowest BCUT2D eigenvalue weighted by Crippen LogP contribution is -2.53. The number of piperidine rings is 1. The molecule has 2 aliphatic rings. The highest BCUT2D eigenvalue weighted by Gasteiger charge is 2.48. The summed E-state index contributed by atoms with van der Waals surface area (Å²) in [5.74, 6) is 0.154. The van der Waals surface area contributed by atoms with Gasteiger partial charge in [-0.15, -0.1) is 0 Å². The molecular weight excluding hydrogens is 218 g/mol. The van der Waals surface area contributed by atoms with Crippen molar-refractivity contribution in [3.8, 4) is 0 Å². The maximum Gasteiger partial charge on any atom is 0.410 e. The minimum Gasteiger partial charge on any atom is -0.444 e. The summed E-state index contributed by atoms with van der Waals surface area (Å²) in [5, 5.41) is 9.91. The fraction of sp³-hybridized carbons (Fsp3) is 0.923. The van der Waals surface area contributed by atoms with Crippen LogP contribution in [0.5, 0.6) is 0 Å². The Balaban J connectivity index is 2.10. The van der Waals surface area contributed by atoms with E-state index in [1.807, 2.05) is 32.6 Å². The number of ether oxygens (including phenoxy) is 1. The van der Waals surface area contributed by atoms with Crippen LogP contribution in [0.2, 0.25) is 0 Å². The molecule has 0 aliphatic carbocycles. The Kier molecular flexibility index (Phi) is 3.10. The lowest BCUT2D eigenvalue weighted by atomic mass is 9.89. The molecule has 0 saturated carbocycles. The van der Waals surface area contributed by atoms with E-state index >= 15 is 0 Å². The minimum atomic E-state index is -0.449. The number of nitrogens with zero attached hydrogens (tertiary/aromatic N) is 1. The molecule has 2 heterocycles. The van der Waals surface area contributed by atoms with E-state index < -0.39 is 5.60 Å². The van der Waals surface area contributed by atoms with Crippen LogP contribution in [0, 0.1) is 5.92 Å². The highest BCUT2D eigenvalue weighted by Crippen LogP contribution is 2.39. The Hall–Kier alpha value is -0.770. The van der Waals surface area contributed by atoms with Gasteiger partial charge in [0.1, 0.15) is 5.60 Å². The summed E-state index contributed by atoms with van der Waals surface area (Å²) in [5.41, 5.74) is -0.449. The number of aliphatic hydroxyl groups is 1. The van der Waals surface area contributed by atoms with Crippen molar-refractivity contribution >= 4 is 6.09 Å². The van der Waals surface area contributed by atoms with E-state index in [9.17, 15) is 9.90 Å². The molecule has 1 amide bonds. The van der Waals surface area contributed by atoms with Crippen LogP contribution in [0.4, 0.5) is 4.79 Å². The van der Waals surface area contributed by atoms with E-state index in [0.29, 0.717) is 6.42 Å². The second-order valence-corrected chi connectivity index (χ2v) is 6.35. The summed E-state index contributed by atoms with van der Waals surface area (Å²) >= 11 is 0. The average Bonchev–Trinajstić information content (AvgIpc) is 2.51. The van der Waals surface area contributed by atoms with Crippen molar-refractivity contribution in [3.05, 3.63) is 0 Å². The van der Waals surface area contributed by atoms with Crippen LogP contribution in [0.25, 0.3) is 0 Å². The minimum absolute atomic E-state index is 0.151. The van der Waals surface area contributed by atoms with Crippen molar-refractivity contribution < 1.29 is 14.6 Å². The maximum atomic E-state index is 12.1. The first-order chi connectivity index (χ1) is 7.79. The van der Waals surface area contributed by atoms with Crippen LogP contribution in [-0.2, 0) is 4.74 Å². The third kappa shape index (κ3) is 2.41. The molecule has 17 heavy (non-hydrogen) atoms. The fourth-order valence-corrected chi connectivity index (χ4v) is 3.01. The molecule has 4 atom stereocenters. The summed E-state index contributed by atoms with van der Waals surface area (Å²) < 4.78 is 5.45. The second-order valence-electron chi connectivity index (χ2n) is 6.35. The molecule has 0 radical (unpaired) electrons. The number of hydrogen-bond donors (Lipinski definition) is 1. The van der Waals surface area contributed by atoms with Gasteiger partial charge in [-0.1, -0.05) is 6.92 Å². The van der Waals surface area contributed by atoms with Gasteiger partial charge in [-0.3, -0.25) is 0 Å². The first-order valence-electron chi connectivity index (χ1n) is 6.49. The highest BCUT2D eigenvalue weighted by molar-refractivity contribution is 5.69. The van der Waals surface area contributed by atoms with Crippen molar-refractivity contribution in [1.82, 2.24) is 4.90 Å². The number of carbonyl (C=O) groups excluding carboxylic acids is 1. The summed E-state index contributed by atoms with van der Waals surface area (Å²) in [6.45, 7) is 7.67. The maximum absolute atomic E-state index is 12.1. The van der Waals surface area contributed by atoms with Gasteiger partial charge in [-0.25, -0.2) is 4.79 Å². The Morgan fingerprint density at radius 2 is 2.00 bits per heavy atom. The zero-order chi connectivity index (χ0) is 12.8. The van der Waals surface area contributed by atoms with Crippen molar-refractivity contribution in [1.29, 1.82) is 0 Å². The zero-order valence-electron chi connectivity index (χ0n) is 11.1. The van der Waals surface area contributed by atoms with Gasteiger partial charge < -0.3 is 14.7 Å². The Labute approximate surface area is 103 Å². The van der Waals surface area contributed by atoms with Crippen molar-refractivity contribution in [2.75, 3.05) is 0 Å². The molecule has 2 saturated heterocycles. The summed E-state index contributed by atoms with van der Waals surface area (Å²) in [4.78, 5) is 14.0. The van der Waals surface area contributed by atoms with Crippen molar-refractivity contribution in [3.63, 3.8) is 0 Å². The third-order valence-electron chi connectivity index (χ3n) is 3.88. The van der Waals surface area contributed by atoms with E-state index in [1.165, 1.54) is 0 Å². The monoisotopic (exact) mass is 241 g/mol. The van der Waals surface area contributed by atoms with Gasteiger partial charge in [0.25, 0.3) is 0 Å². The van der Waals surface area contributed by atoms with Crippen molar-refractivity contribution in [2.24, 2.45) is 5.92 Å². The quantitative estimate of drug-likeness (QED) is 0.707.